The molecule has 0 bridgehead atoms. The molecule has 1 aliphatic rings. The molecule has 0 aliphatic carbocycles. The second-order valence-electron chi connectivity index (χ2n) is 7.49. The maximum Gasteiger partial charge on any atom is 0.165 e. The van der Waals surface area contributed by atoms with Crippen LogP contribution in [0, 0.1) is 34.6 Å². The Bertz CT molecular complexity index is 974. The minimum absolute atomic E-state index is 0.984. The van der Waals surface area contributed by atoms with Crippen LogP contribution in [0.5, 0.6) is 0 Å². The number of hydrogen-bond acceptors (Lipinski definition) is 3. The van der Waals surface area contributed by atoms with Crippen molar-refractivity contribution in [3.8, 4) is 11.1 Å². The molecule has 25 heavy (non-hydrogen) atoms. The Kier molecular flexibility index (Phi) is 3.60. The van der Waals surface area contributed by atoms with Crippen molar-refractivity contribution in [3.63, 3.8) is 0 Å². The molecule has 1 aliphatic heterocycles. The van der Waals surface area contributed by atoms with Crippen molar-refractivity contribution in [2.24, 2.45) is 0 Å². The van der Waals surface area contributed by atoms with Crippen LogP contribution in [0.4, 0.5) is 5.82 Å². The highest BCUT2D eigenvalue weighted by Gasteiger charge is 2.25. The van der Waals surface area contributed by atoms with Gasteiger partial charge < -0.3 is 4.90 Å². The number of aryl methyl sites for hydroxylation is 5. The Morgan fingerprint density at radius 1 is 0.920 bits per heavy atom. The fourth-order valence-corrected chi connectivity index (χ4v) is 4.43. The molecular weight excluding hydrogens is 308 g/mol. The zero-order chi connectivity index (χ0) is 17.9. The lowest BCUT2D eigenvalue weighted by Gasteiger charge is -2.28. The Labute approximate surface area is 149 Å². The van der Waals surface area contributed by atoms with Gasteiger partial charge in [0.2, 0.25) is 0 Å². The van der Waals surface area contributed by atoms with Crippen LogP contribution in [-0.4, -0.2) is 28.2 Å². The molecule has 0 amide bonds. The number of fused-ring (bicyclic) bond motifs is 3. The highest BCUT2D eigenvalue weighted by Crippen LogP contribution is 2.37. The molecule has 0 saturated heterocycles. The molecule has 0 atom stereocenters. The predicted molar refractivity (Wildman–Crippen MR) is 104 cm³/mol. The maximum atomic E-state index is 5.00. The van der Waals surface area contributed by atoms with Crippen LogP contribution < -0.4 is 4.90 Å². The Morgan fingerprint density at radius 3 is 2.28 bits per heavy atom. The third kappa shape index (κ3) is 2.35. The number of benzene rings is 1. The normalized spacial score (nSPS) is 14.2. The Hall–Kier alpha value is -2.36. The van der Waals surface area contributed by atoms with Gasteiger partial charge in [-0.3, -0.25) is 0 Å². The summed E-state index contributed by atoms with van der Waals surface area (Å²) in [6.45, 7) is 11.8. The van der Waals surface area contributed by atoms with Crippen LogP contribution in [0.3, 0.4) is 0 Å². The van der Waals surface area contributed by atoms with Gasteiger partial charge in [0.25, 0.3) is 0 Å². The molecule has 0 saturated carbocycles. The molecule has 0 radical (unpaired) electrons. The number of nitrogens with zero attached hydrogens (tertiary/aromatic N) is 4. The van der Waals surface area contributed by atoms with E-state index in [2.05, 4.69) is 63.2 Å². The lowest BCUT2D eigenvalue weighted by atomic mass is 9.94. The zero-order valence-electron chi connectivity index (χ0n) is 16.1. The van der Waals surface area contributed by atoms with Crippen molar-refractivity contribution in [2.75, 3.05) is 18.5 Å². The van der Waals surface area contributed by atoms with Crippen LogP contribution in [0.25, 0.3) is 16.8 Å². The molecule has 3 aromatic rings. The van der Waals surface area contributed by atoms with Crippen LogP contribution in [0.15, 0.2) is 12.1 Å². The third-order valence-electron chi connectivity index (χ3n) is 5.43. The van der Waals surface area contributed by atoms with Crippen molar-refractivity contribution >= 4 is 11.5 Å². The molecule has 4 heteroatoms. The molecule has 0 unspecified atom stereocenters. The number of aromatic nitrogens is 3. The molecule has 0 N–H and O–H groups in total. The Balaban J connectivity index is 2.10. The molecular formula is C21H26N4. The van der Waals surface area contributed by atoms with Crippen molar-refractivity contribution < 1.29 is 0 Å². The first-order valence-electron chi connectivity index (χ1n) is 9.06. The Morgan fingerprint density at radius 2 is 1.60 bits per heavy atom. The average Bonchev–Trinajstić information content (AvgIpc) is 2.83. The third-order valence-corrected chi connectivity index (χ3v) is 5.43. The van der Waals surface area contributed by atoms with Crippen molar-refractivity contribution in [3.05, 3.63) is 45.8 Å². The minimum atomic E-state index is 0.984. The maximum absolute atomic E-state index is 5.00. The van der Waals surface area contributed by atoms with E-state index in [-0.39, 0.29) is 0 Å². The summed E-state index contributed by atoms with van der Waals surface area (Å²) in [6.07, 6.45) is 2.27. The summed E-state index contributed by atoms with van der Waals surface area (Å²) in [6, 6.07) is 4.51. The molecule has 3 heterocycles. The number of anilines is 1. The van der Waals surface area contributed by atoms with Gasteiger partial charge in [-0.25, -0.2) is 4.98 Å². The van der Waals surface area contributed by atoms with Gasteiger partial charge in [0, 0.05) is 24.8 Å². The summed E-state index contributed by atoms with van der Waals surface area (Å²) < 4.78 is 2.07. The SMILES string of the molecule is Cc1cc(C)c(-c2c(C)nn3c4c(c(C)nc23)CCCN4C)c(C)c1. The van der Waals surface area contributed by atoms with Crippen molar-refractivity contribution in [1.29, 1.82) is 0 Å². The van der Waals surface area contributed by atoms with Gasteiger partial charge in [-0.2, -0.15) is 9.61 Å². The first-order valence-corrected chi connectivity index (χ1v) is 9.06. The molecule has 130 valence electrons. The molecule has 2 aromatic heterocycles. The summed E-state index contributed by atoms with van der Waals surface area (Å²) in [5.74, 6) is 1.21. The highest BCUT2D eigenvalue weighted by molar-refractivity contribution is 5.85. The van der Waals surface area contributed by atoms with Gasteiger partial charge in [-0.15, -0.1) is 0 Å². The largest absolute Gasteiger partial charge is 0.359 e. The molecule has 0 fully saturated rings. The van der Waals surface area contributed by atoms with Crippen molar-refractivity contribution in [2.45, 2.75) is 47.5 Å². The van der Waals surface area contributed by atoms with Gasteiger partial charge in [0.1, 0.15) is 5.82 Å². The van der Waals surface area contributed by atoms with E-state index in [9.17, 15) is 0 Å². The zero-order valence-corrected chi connectivity index (χ0v) is 16.1. The highest BCUT2D eigenvalue weighted by atomic mass is 15.3. The van der Waals surface area contributed by atoms with E-state index in [1.54, 1.807) is 0 Å². The van der Waals surface area contributed by atoms with Crippen LogP contribution in [0.2, 0.25) is 0 Å². The van der Waals surface area contributed by atoms with Gasteiger partial charge in [-0.1, -0.05) is 17.7 Å². The predicted octanol–water partition coefficient (Wildman–Crippen LogP) is 4.32. The van der Waals surface area contributed by atoms with Gasteiger partial charge >= 0.3 is 0 Å². The fourth-order valence-electron chi connectivity index (χ4n) is 4.43. The van der Waals surface area contributed by atoms with Crippen molar-refractivity contribution in [1.82, 2.24) is 14.6 Å². The topological polar surface area (TPSA) is 33.4 Å². The fraction of sp³-hybridized carbons (Fsp3) is 0.429. The van der Waals surface area contributed by atoms with Gasteiger partial charge in [-0.05, 0) is 64.2 Å². The molecule has 1 aromatic carbocycles. The second kappa shape index (κ2) is 5.58. The minimum Gasteiger partial charge on any atom is -0.359 e. The van der Waals surface area contributed by atoms with E-state index in [0.717, 1.165) is 30.0 Å². The smallest absolute Gasteiger partial charge is 0.165 e. The van der Waals surface area contributed by atoms with E-state index >= 15 is 0 Å². The van der Waals surface area contributed by atoms with E-state index in [1.807, 2.05) is 0 Å². The lowest BCUT2D eigenvalue weighted by Crippen LogP contribution is -2.28. The lowest BCUT2D eigenvalue weighted by molar-refractivity contribution is 0.697. The summed E-state index contributed by atoms with van der Waals surface area (Å²) >= 11 is 0. The van der Waals surface area contributed by atoms with Crippen LogP contribution in [-0.2, 0) is 6.42 Å². The first-order chi connectivity index (χ1) is 11.9. The van der Waals surface area contributed by atoms with Crippen LogP contribution >= 0.6 is 0 Å². The van der Waals surface area contributed by atoms with E-state index in [4.69, 9.17) is 10.1 Å². The van der Waals surface area contributed by atoms with Gasteiger partial charge in [0.05, 0.1) is 11.3 Å². The first kappa shape index (κ1) is 16.1. The summed E-state index contributed by atoms with van der Waals surface area (Å²) in [5, 5.41) is 4.91. The summed E-state index contributed by atoms with van der Waals surface area (Å²) in [7, 11) is 2.16. The summed E-state index contributed by atoms with van der Waals surface area (Å²) in [4.78, 5) is 7.32. The molecule has 0 spiro atoms. The van der Waals surface area contributed by atoms with Gasteiger partial charge in [0.15, 0.2) is 5.65 Å². The number of hydrogen-bond donors (Lipinski definition) is 0. The van der Waals surface area contributed by atoms with Crippen LogP contribution in [0.1, 0.15) is 40.1 Å². The molecule has 4 nitrogen and oxygen atoms in total. The summed E-state index contributed by atoms with van der Waals surface area (Å²) in [5.41, 5.74) is 10.9. The average molecular weight is 334 g/mol. The second-order valence-corrected chi connectivity index (χ2v) is 7.49. The van der Waals surface area contributed by atoms with E-state index in [1.165, 1.54) is 45.6 Å². The standard InChI is InChI=1S/C21H26N4/c1-12-10-13(2)18(14(3)11-12)19-16(5)23-25-20(19)22-15(4)17-8-7-9-24(6)21(17)25/h10-11H,7-9H2,1-6H3. The molecule has 4 rings (SSSR count). The number of rotatable bonds is 1. The quantitative estimate of drug-likeness (QED) is 0.664. The monoisotopic (exact) mass is 334 g/mol. The van der Waals surface area contributed by atoms with E-state index < -0.39 is 0 Å². The van der Waals surface area contributed by atoms with E-state index in [0.29, 0.717) is 0 Å².